The van der Waals surface area contributed by atoms with Crippen molar-refractivity contribution in [3.05, 3.63) is 485 Å². The topological polar surface area (TPSA) is 16.3 Å². The van der Waals surface area contributed by atoms with Crippen molar-refractivity contribution in [2.75, 3.05) is 9.80 Å². The molecule has 0 aliphatic carbocycles. The number of rotatable bonds is 14. The average Bonchev–Trinajstić information content (AvgIpc) is 1.70. The van der Waals surface area contributed by atoms with Gasteiger partial charge in [-0.2, -0.15) is 0 Å². The fourth-order valence-electron chi connectivity index (χ4n) is 19.7. The van der Waals surface area contributed by atoms with Crippen LogP contribution in [0.3, 0.4) is 0 Å². The van der Waals surface area contributed by atoms with Crippen LogP contribution in [0.1, 0.15) is 5.56 Å². The summed E-state index contributed by atoms with van der Waals surface area (Å²) in [4.78, 5) is 4.67. The van der Waals surface area contributed by atoms with E-state index in [4.69, 9.17) is 0 Å². The minimum Gasteiger partial charge on any atom is -0.311 e. The number of nitrogens with zero attached hydrogens (tertiary/aromatic N) is 4. The van der Waals surface area contributed by atoms with Crippen molar-refractivity contribution in [1.82, 2.24) is 9.13 Å². The van der Waals surface area contributed by atoms with E-state index >= 15 is 0 Å². The van der Waals surface area contributed by atoms with Crippen LogP contribution in [0.15, 0.2) is 479 Å². The first-order valence-electron chi connectivity index (χ1n) is 43.1. The molecule has 0 saturated heterocycles. The predicted octanol–water partition coefficient (Wildman–Crippen LogP) is 33.7. The molecule has 0 bridgehead atoms. The van der Waals surface area contributed by atoms with Crippen LogP contribution in [0.4, 0.5) is 34.1 Å². The van der Waals surface area contributed by atoms with Gasteiger partial charge in [0.05, 0.1) is 22.1 Å². The zero-order valence-electron chi connectivity index (χ0n) is 68.9. The second-order valence-electron chi connectivity index (χ2n) is 32.6. The van der Waals surface area contributed by atoms with E-state index in [-0.39, 0.29) is 0 Å². The van der Waals surface area contributed by atoms with E-state index in [1.54, 1.807) is 0 Å². The second kappa shape index (κ2) is 31.3. The lowest BCUT2D eigenvalue weighted by Crippen LogP contribution is -2.10. The number of aryl methyl sites for hydroxylation is 1. The molecule has 0 saturated carbocycles. The summed E-state index contributed by atoms with van der Waals surface area (Å²) >= 11 is 0. The van der Waals surface area contributed by atoms with Gasteiger partial charge in [-0.1, -0.05) is 363 Å². The monoisotopic (exact) mass is 1590 g/mol. The van der Waals surface area contributed by atoms with Crippen LogP contribution in [0.2, 0.25) is 0 Å². The molecule has 0 unspecified atom stereocenters. The lowest BCUT2D eigenvalue weighted by Gasteiger charge is -2.26. The summed E-state index contributed by atoms with van der Waals surface area (Å²) in [6, 6.07) is 175. The molecule has 125 heavy (non-hydrogen) atoms. The molecule has 22 aromatic carbocycles. The number of hydrogen-bond donors (Lipinski definition) is 0. The number of fused-ring (bicyclic) bond motifs is 12. The maximum absolute atomic E-state index is 2.37. The van der Waals surface area contributed by atoms with Crippen molar-refractivity contribution in [1.29, 1.82) is 0 Å². The van der Waals surface area contributed by atoms with E-state index < -0.39 is 0 Å². The highest BCUT2D eigenvalue weighted by Crippen LogP contribution is 2.50. The van der Waals surface area contributed by atoms with Crippen LogP contribution in [0, 0.1) is 6.92 Å². The Morgan fingerprint density at radius 1 is 0.160 bits per heavy atom. The molecule has 0 fully saturated rings. The van der Waals surface area contributed by atoms with Gasteiger partial charge < -0.3 is 18.9 Å². The van der Waals surface area contributed by atoms with Crippen LogP contribution >= 0.6 is 0 Å². The van der Waals surface area contributed by atoms with Crippen LogP contribution in [-0.2, 0) is 0 Å². The van der Waals surface area contributed by atoms with Gasteiger partial charge in [0.15, 0.2) is 0 Å². The Morgan fingerprint density at radius 3 is 0.744 bits per heavy atom. The SMILES string of the molecule is Cc1ccc2c(-c3ccc(-c4ccc(N(c5ccccc5)c5ccc(-n6c7ccccc7c7ccccc76)cc5)cc4)cc3)c3ccccc3c(-c3cccc4ccccc34)c2c1.c1ccc(N(c2ccc(-c3ccc(-c4c5ccccc5c(-c5cccc6ccccc56)c5ccccc45)cc3)cc2)c2ccc(-n3c4ccccc4c4ccccc43)cc2)cc1. The maximum atomic E-state index is 2.37. The van der Waals surface area contributed by atoms with Gasteiger partial charge >= 0.3 is 0 Å². The van der Waals surface area contributed by atoms with E-state index in [1.165, 1.54) is 181 Å². The molecular weight excluding hydrogens is 1510 g/mol. The third kappa shape index (κ3) is 13.0. The van der Waals surface area contributed by atoms with Gasteiger partial charge in [0.25, 0.3) is 0 Å². The first-order valence-corrected chi connectivity index (χ1v) is 43.1. The highest BCUT2D eigenvalue weighted by Gasteiger charge is 2.24. The van der Waals surface area contributed by atoms with E-state index in [0.29, 0.717) is 0 Å². The van der Waals surface area contributed by atoms with Gasteiger partial charge in [-0.25, -0.2) is 0 Å². The van der Waals surface area contributed by atoms with Crippen molar-refractivity contribution in [2.45, 2.75) is 6.92 Å². The Labute approximate surface area is 726 Å². The molecule has 0 spiro atoms. The van der Waals surface area contributed by atoms with Crippen LogP contribution in [-0.4, -0.2) is 9.13 Å². The van der Waals surface area contributed by atoms with Crippen molar-refractivity contribution in [3.63, 3.8) is 0 Å². The molecule has 586 valence electrons. The van der Waals surface area contributed by atoms with Gasteiger partial charge in [0.1, 0.15) is 0 Å². The standard InChI is InChI=1S/C61H42N2.C60H40N2/c1-41-26-39-56-57(40-41)61(53-23-13-15-44-14-5-6-18-50(44)53)55-22-8-7-21-54(55)60(56)45-29-27-42(28-30-45)43-31-33-47(34-32-43)62(46-16-3-2-4-17-46)48-35-37-49(38-36-48)63-58-24-11-9-19-51(58)52-20-10-12-25-59(52)63;1-2-17-45(18-3-1)61(47-37-39-48(40-38-47)62-57-27-12-10-20-50(57)51-21-11-13-28-58(51)62)46-35-33-42(34-36-46)41-29-31-44(32-30-41)59-53-22-6-8-24-55(53)60(56-25-9-7-23-54(56)59)52-26-14-16-43-15-4-5-19-49(43)52/h2-40H,1H3;1-40H. The minimum absolute atomic E-state index is 1.10. The number of para-hydroxylation sites is 6. The number of hydrogen-bond acceptors (Lipinski definition) is 2. The van der Waals surface area contributed by atoms with Crippen molar-refractivity contribution in [3.8, 4) is 78.1 Å². The Kier molecular flexibility index (Phi) is 18.5. The molecule has 0 radical (unpaired) electrons. The molecule has 0 N–H and O–H groups in total. The van der Waals surface area contributed by atoms with E-state index in [2.05, 4.69) is 505 Å². The first-order chi connectivity index (χ1) is 62.0. The third-order valence-electron chi connectivity index (χ3n) is 25.4. The van der Waals surface area contributed by atoms with Gasteiger partial charge in [-0.3, -0.25) is 0 Å². The highest BCUT2D eigenvalue weighted by atomic mass is 15.1. The Bertz CT molecular complexity index is 8060. The Balaban J connectivity index is 0.000000144. The lowest BCUT2D eigenvalue weighted by molar-refractivity contribution is 1.17. The summed E-state index contributed by atoms with van der Waals surface area (Å²) in [5.41, 5.74) is 29.8. The van der Waals surface area contributed by atoms with Crippen molar-refractivity contribution in [2.24, 2.45) is 0 Å². The smallest absolute Gasteiger partial charge is 0.0541 e. The fraction of sp³-hybridized carbons (Fsp3) is 0.00826. The maximum Gasteiger partial charge on any atom is 0.0541 e. The highest BCUT2D eigenvalue weighted by molar-refractivity contribution is 6.26. The number of benzene rings is 22. The zero-order chi connectivity index (χ0) is 82.8. The summed E-state index contributed by atoms with van der Waals surface area (Å²) in [6.07, 6.45) is 0. The molecule has 0 amide bonds. The Hall–Kier alpha value is -16.4. The average molecular weight is 1590 g/mol. The van der Waals surface area contributed by atoms with Crippen LogP contribution in [0.5, 0.6) is 0 Å². The molecule has 4 heteroatoms. The number of anilines is 6. The normalized spacial score (nSPS) is 11.6. The lowest BCUT2D eigenvalue weighted by atomic mass is 9.84. The molecule has 0 atom stereocenters. The van der Waals surface area contributed by atoms with Gasteiger partial charge in [-0.15, -0.1) is 0 Å². The quantitative estimate of drug-likeness (QED) is 0.101. The van der Waals surface area contributed by atoms with Crippen molar-refractivity contribution >= 4 is 142 Å². The summed E-state index contributed by atoms with van der Waals surface area (Å²) in [5, 5.41) is 20.2. The van der Waals surface area contributed by atoms with Gasteiger partial charge in [0, 0.05) is 67.0 Å². The van der Waals surface area contributed by atoms with Crippen molar-refractivity contribution < 1.29 is 0 Å². The van der Waals surface area contributed by atoms with Gasteiger partial charge in [0.2, 0.25) is 0 Å². The van der Waals surface area contributed by atoms with E-state index in [9.17, 15) is 0 Å². The summed E-state index contributed by atoms with van der Waals surface area (Å²) in [5.74, 6) is 0. The molecule has 24 rings (SSSR count). The molecule has 2 aromatic heterocycles. The van der Waals surface area contributed by atoms with Crippen LogP contribution in [0.25, 0.3) is 186 Å². The molecular formula is C121H82N4. The summed E-state index contributed by atoms with van der Waals surface area (Å²) in [6.45, 7) is 2.20. The predicted molar refractivity (Wildman–Crippen MR) is 533 cm³/mol. The molecule has 2 heterocycles. The molecule has 0 aliphatic heterocycles. The zero-order valence-corrected chi connectivity index (χ0v) is 68.9. The van der Waals surface area contributed by atoms with Gasteiger partial charge in [-0.05, 0) is 260 Å². The summed E-state index contributed by atoms with van der Waals surface area (Å²) in [7, 11) is 0. The largest absolute Gasteiger partial charge is 0.311 e. The summed E-state index contributed by atoms with van der Waals surface area (Å²) < 4.78 is 4.74. The Morgan fingerprint density at radius 2 is 0.400 bits per heavy atom. The second-order valence-corrected chi connectivity index (χ2v) is 32.6. The molecule has 4 nitrogen and oxygen atoms in total. The minimum atomic E-state index is 1.10. The van der Waals surface area contributed by atoms with E-state index in [1.807, 2.05) is 0 Å². The fourth-order valence-corrected chi connectivity index (χ4v) is 19.7. The van der Waals surface area contributed by atoms with Crippen LogP contribution < -0.4 is 9.80 Å². The third-order valence-corrected chi connectivity index (χ3v) is 25.4. The number of aromatic nitrogens is 2. The molecule has 0 aliphatic rings. The van der Waals surface area contributed by atoms with E-state index in [0.717, 1.165) is 45.5 Å². The molecule has 24 aromatic rings. The first kappa shape index (κ1) is 73.7.